The molecule has 5 heteroatoms. The summed E-state index contributed by atoms with van der Waals surface area (Å²) in [5, 5.41) is 13.9. The summed E-state index contributed by atoms with van der Waals surface area (Å²) >= 11 is 3.42. The zero-order valence-corrected chi connectivity index (χ0v) is 13.5. The zero-order valence-electron chi connectivity index (χ0n) is 11.9. The number of nitrogens with zero attached hydrogens (tertiary/aromatic N) is 2. The third kappa shape index (κ3) is 3.41. The van der Waals surface area contributed by atoms with E-state index in [0.717, 1.165) is 27.0 Å². The van der Waals surface area contributed by atoms with Crippen LogP contribution in [0.25, 0.3) is 0 Å². The van der Waals surface area contributed by atoms with Gasteiger partial charge >= 0.3 is 0 Å². The predicted octanol–water partition coefficient (Wildman–Crippen LogP) is 3.61. The number of aromatic nitrogens is 2. The topological polar surface area (TPSA) is 47.3 Å². The smallest absolute Gasteiger partial charge is 0.132 e. The number of aryl methyl sites for hydroxylation is 1. The van der Waals surface area contributed by atoms with Crippen molar-refractivity contribution in [2.24, 2.45) is 0 Å². The predicted molar refractivity (Wildman–Crippen MR) is 81.7 cm³/mol. The monoisotopic (exact) mass is 338 g/mol. The zero-order chi connectivity index (χ0) is 14.7. The van der Waals surface area contributed by atoms with Gasteiger partial charge in [0, 0.05) is 22.3 Å². The molecule has 0 aliphatic heterocycles. The Morgan fingerprint density at radius 3 is 2.75 bits per heavy atom. The summed E-state index contributed by atoms with van der Waals surface area (Å²) in [6, 6.07) is 6.13. The van der Waals surface area contributed by atoms with E-state index in [2.05, 4.69) is 34.9 Å². The molecule has 0 spiro atoms. The molecule has 2 rings (SSSR count). The van der Waals surface area contributed by atoms with Crippen molar-refractivity contribution >= 4 is 15.9 Å². The lowest BCUT2D eigenvalue weighted by atomic mass is 10.1. The van der Waals surface area contributed by atoms with E-state index in [4.69, 9.17) is 4.74 Å². The van der Waals surface area contributed by atoms with Gasteiger partial charge in [0.05, 0.1) is 12.3 Å². The van der Waals surface area contributed by atoms with Gasteiger partial charge in [-0.25, -0.2) is 0 Å². The van der Waals surface area contributed by atoms with Crippen molar-refractivity contribution in [2.75, 3.05) is 0 Å². The third-order valence-corrected chi connectivity index (χ3v) is 3.50. The minimum Gasteiger partial charge on any atom is -0.487 e. The van der Waals surface area contributed by atoms with Crippen LogP contribution in [0.2, 0.25) is 0 Å². The van der Waals surface area contributed by atoms with Gasteiger partial charge in [0.15, 0.2) is 0 Å². The van der Waals surface area contributed by atoms with Crippen LogP contribution in [0.1, 0.15) is 36.7 Å². The fourth-order valence-electron chi connectivity index (χ4n) is 2.01. The summed E-state index contributed by atoms with van der Waals surface area (Å²) in [6.07, 6.45) is 1.95. The first kappa shape index (κ1) is 15.1. The lowest BCUT2D eigenvalue weighted by molar-refractivity contribution is 0.255. The molecule has 108 valence electrons. The van der Waals surface area contributed by atoms with Gasteiger partial charge in [-0.15, -0.1) is 0 Å². The van der Waals surface area contributed by atoms with Crippen LogP contribution in [0.5, 0.6) is 5.75 Å². The Morgan fingerprint density at radius 2 is 2.15 bits per heavy atom. The van der Waals surface area contributed by atoms with Crippen LogP contribution in [-0.2, 0) is 13.2 Å². The average Bonchev–Trinajstić information content (AvgIpc) is 2.85. The number of benzene rings is 1. The molecule has 0 saturated heterocycles. The second kappa shape index (κ2) is 6.41. The molecular weight excluding hydrogens is 320 g/mol. The van der Waals surface area contributed by atoms with Crippen molar-refractivity contribution in [3.05, 3.63) is 45.7 Å². The maximum Gasteiger partial charge on any atom is 0.132 e. The number of aliphatic hydroxyl groups excluding tert-OH is 1. The molecule has 0 atom stereocenters. The van der Waals surface area contributed by atoms with Gasteiger partial charge in [0.1, 0.15) is 12.4 Å². The van der Waals surface area contributed by atoms with Crippen LogP contribution in [0.3, 0.4) is 0 Å². The highest BCUT2D eigenvalue weighted by atomic mass is 79.9. The van der Waals surface area contributed by atoms with E-state index >= 15 is 0 Å². The lowest BCUT2D eigenvalue weighted by Crippen LogP contribution is -2.05. The molecule has 1 heterocycles. The third-order valence-electron chi connectivity index (χ3n) is 3.04. The molecule has 0 bridgehead atoms. The number of hydrogen-bond donors (Lipinski definition) is 1. The van der Waals surface area contributed by atoms with Crippen molar-refractivity contribution in [2.45, 2.75) is 40.0 Å². The Labute approximate surface area is 127 Å². The van der Waals surface area contributed by atoms with E-state index in [1.165, 1.54) is 0 Å². The van der Waals surface area contributed by atoms with Gasteiger partial charge in [-0.2, -0.15) is 5.10 Å². The fraction of sp³-hybridized carbons (Fsp3) is 0.400. The Bertz CT molecular complexity index is 594. The van der Waals surface area contributed by atoms with Crippen molar-refractivity contribution in [1.82, 2.24) is 9.78 Å². The molecule has 1 N–H and O–H groups in total. The minimum absolute atomic E-state index is 0.0456. The van der Waals surface area contributed by atoms with Crippen molar-refractivity contribution < 1.29 is 9.84 Å². The van der Waals surface area contributed by atoms with Gasteiger partial charge < -0.3 is 9.84 Å². The van der Waals surface area contributed by atoms with Crippen molar-refractivity contribution in [1.29, 1.82) is 0 Å². The summed E-state index contributed by atoms with van der Waals surface area (Å²) < 4.78 is 8.68. The first-order chi connectivity index (χ1) is 9.51. The maximum atomic E-state index is 9.42. The second-order valence-electron chi connectivity index (χ2n) is 5.04. The molecule has 0 amide bonds. The van der Waals surface area contributed by atoms with E-state index in [1.807, 2.05) is 36.0 Å². The van der Waals surface area contributed by atoms with Crippen molar-refractivity contribution in [3.8, 4) is 5.75 Å². The number of rotatable bonds is 5. The molecule has 0 aliphatic rings. The van der Waals surface area contributed by atoms with Gasteiger partial charge in [0.25, 0.3) is 0 Å². The van der Waals surface area contributed by atoms with Crippen LogP contribution in [0.4, 0.5) is 0 Å². The summed E-state index contributed by atoms with van der Waals surface area (Å²) in [5.41, 5.74) is 2.65. The maximum absolute atomic E-state index is 9.42. The minimum atomic E-state index is -0.0456. The number of hydrogen-bond acceptors (Lipinski definition) is 3. The number of ether oxygens (including phenoxy) is 1. The summed E-state index contributed by atoms with van der Waals surface area (Å²) in [7, 11) is 0. The Hall–Kier alpha value is -1.33. The largest absolute Gasteiger partial charge is 0.487 e. The molecule has 1 aromatic carbocycles. The van der Waals surface area contributed by atoms with E-state index in [0.29, 0.717) is 12.6 Å². The highest BCUT2D eigenvalue weighted by Crippen LogP contribution is 2.28. The highest BCUT2D eigenvalue weighted by Gasteiger charge is 2.10. The molecule has 4 nitrogen and oxygen atoms in total. The van der Waals surface area contributed by atoms with E-state index < -0.39 is 0 Å². The quantitative estimate of drug-likeness (QED) is 0.905. The summed E-state index contributed by atoms with van der Waals surface area (Å²) in [6.45, 7) is 6.48. The van der Waals surface area contributed by atoms with E-state index in [9.17, 15) is 5.11 Å². The second-order valence-corrected chi connectivity index (χ2v) is 5.95. The van der Waals surface area contributed by atoms with Crippen LogP contribution in [0.15, 0.2) is 28.9 Å². The van der Waals surface area contributed by atoms with Crippen LogP contribution in [0, 0.1) is 6.92 Å². The Morgan fingerprint density at radius 1 is 1.40 bits per heavy atom. The van der Waals surface area contributed by atoms with Crippen molar-refractivity contribution in [3.63, 3.8) is 0 Å². The fourth-order valence-corrected chi connectivity index (χ4v) is 2.63. The van der Waals surface area contributed by atoms with Crippen LogP contribution >= 0.6 is 15.9 Å². The molecule has 0 unspecified atom stereocenters. The first-order valence-corrected chi connectivity index (χ1v) is 7.37. The van der Waals surface area contributed by atoms with Crippen LogP contribution in [-0.4, -0.2) is 14.9 Å². The molecule has 0 radical (unpaired) electrons. The van der Waals surface area contributed by atoms with E-state index in [-0.39, 0.29) is 6.61 Å². The van der Waals surface area contributed by atoms with E-state index in [1.54, 1.807) is 0 Å². The molecular formula is C15H19BrN2O2. The normalized spacial score (nSPS) is 11.1. The van der Waals surface area contributed by atoms with Crippen LogP contribution < -0.4 is 4.74 Å². The SMILES string of the molecule is Cc1cc(Br)cc(CO)c1OCc1ccn(C(C)C)n1. The standard InChI is InChI=1S/C15H19BrN2O2/c1-10(2)18-5-4-14(17-18)9-20-15-11(3)6-13(16)7-12(15)8-19/h4-7,10,19H,8-9H2,1-3H3. The summed E-state index contributed by atoms with van der Waals surface area (Å²) in [5.74, 6) is 0.731. The van der Waals surface area contributed by atoms with Gasteiger partial charge in [-0.1, -0.05) is 15.9 Å². The average molecular weight is 339 g/mol. The number of halogens is 1. The Kier molecular flexibility index (Phi) is 4.83. The lowest BCUT2D eigenvalue weighted by Gasteiger charge is -2.13. The Balaban J connectivity index is 2.14. The molecule has 1 aromatic heterocycles. The van der Waals surface area contributed by atoms with Gasteiger partial charge in [-0.05, 0) is 44.5 Å². The van der Waals surface area contributed by atoms with Gasteiger partial charge in [-0.3, -0.25) is 4.68 Å². The first-order valence-electron chi connectivity index (χ1n) is 6.58. The van der Waals surface area contributed by atoms with Gasteiger partial charge in [0.2, 0.25) is 0 Å². The number of aliphatic hydroxyl groups is 1. The molecule has 0 saturated carbocycles. The molecule has 0 fully saturated rings. The molecule has 20 heavy (non-hydrogen) atoms. The molecule has 0 aliphatic carbocycles. The molecule has 2 aromatic rings. The highest BCUT2D eigenvalue weighted by molar-refractivity contribution is 9.10. The summed E-state index contributed by atoms with van der Waals surface area (Å²) in [4.78, 5) is 0.